The van der Waals surface area contributed by atoms with Gasteiger partial charge in [-0.1, -0.05) is 66.8 Å². The molecule has 0 N–H and O–H groups in total. The molecule has 6 unspecified atom stereocenters. The molecule has 0 amide bonds. The minimum atomic E-state index is 0.00191. The molecular formula is C36H40N4. The van der Waals surface area contributed by atoms with E-state index in [1.165, 1.54) is 35.4 Å². The number of aliphatic imine (C=N–C) groups is 1. The summed E-state index contributed by atoms with van der Waals surface area (Å²) < 4.78 is 0. The fourth-order valence-corrected chi connectivity index (χ4v) is 8.09. The van der Waals surface area contributed by atoms with Crippen LogP contribution in [0.1, 0.15) is 57.8 Å². The van der Waals surface area contributed by atoms with Crippen LogP contribution < -0.4 is 4.90 Å². The number of fused-ring (bicyclic) bond motifs is 2. The summed E-state index contributed by atoms with van der Waals surface area (Å²) in [6, 6.07) is 15.4. The summed E-state index contributed by atoms with van der Waals surface area (Å²) in [6.07, 6.45) is 33.4. The Morgan fingerprint density at radius 3 is 2.42 bits per heavy atom. The van der Waals surface area contributed by atoms with Crippen LogP contribution in [-0.4, -0.2) is 41.3 Å². The second-order valence-corrected chi connectivity index (χ2v) is 12.2. The van der Waals surface area contributed by atoms with Gasteiger partial charge in [0.1, 0.15) is 0 Å². The van der Waals surface area contributed by atoms with Crippen molar-refractivity contribution in [2.24, 2.45) is 16.8 Å². The van der Waals surface area contributed by atoms with Crippen molar-refractivity contribution in [2.75, 3.05) is 4.90 Å². The van der Waals surface area contributed by atoms with E-state index in [9.17, 15) is 5.26 Å². The Morgan fingerprint density at radius 1 is 0.850 bits per heavy atom. The van der Waals surface area contributed by atoms with Crippen molar-refractivity contribution in [3.63, 3.8) is 0 Å². The molecular weight excluding hydrogens is 488 g/mol. The molecule has 2 heterocycles. The highest BCUT2D eigenvalue weighted by atomic mass is 15.4. The number of anilines is 1. The molecule has 4 heteroatoms. The van der Waals surface area contributed by atoms with Crippen LogP contribution in [0, 0.1) is 23.2 Å². The van der Waals surface area contributed by atoms with E-state index in [0.29, 0.717) is 30.1 Å². The van der Waals surface area contributed by atoms with Crippen molar-refractivity contribution in [2.45, 2.75) is 88.0 Å². The van der Waals surface area contributed by atoms with E-state index in [0.717, 1.165) is 44.9 Å². The van der Waals surface area contributed by atoms with Crippen LogP contribution in [0.2, 0.25) is 0 Å². The van der Waals surface area contributed by atoms with Crippen molar-refractivity contribution in [1.82, 2.24) is 4.90 Å². The summed E-state index contributed by atoms with van der Waals surface area (Å²) in [5.74, 6) is 0.360. The predicted octanol–water partition coefficient (Wildman–Crippen LogP) is 7.46. The maximum Gasteiger partial charge on any atom is 0.0866 e. The third-order valence-electron chi connectivity index (χ3n) is 9.91. The average molecular weight is 529 g/mol. The maximum absolute atomic E-state index is 9.76. The van der Waals surface area contributed by atoms with Crippen LogP contribution in [0.5, 0.6) is 0 Å². The number of rotatable bonds is 4. The smallest absolute Gasteiger partial charge is 0.0866 e. The zero-order valence-corrected chi connectivity index (χ0v) is 23.4. The third-order valence-corrected chi connectivity index (χ3v) is 9.91. The zero-order valence-electron chi connectivity index (χ0n) is 23.4. The van der Waals surface area contributed by atoms with Crippen molar-refractivity contribution in [1.29, 1.82) is 5.26 Å². The number of para-hydroxylation sites is 1. The molecule has 1 fully saturated rings. The summed E-state index contributed by atoms with van der Waals surface area (Å²) in [5, 5.41) is 9.76. The lowest BCUT2D eigenvalue weighted by Gasteiger charge is -2.59. The number of nitrogens with zero attached hydrogens (tertiary/aromatic N) is 4. The third kappa shape index (κ3) is 4.60. The Bertz CT molecular complexity index is 1350. The van der Waals surface area contributed by atoms with E-state index in [1.807, 2.05) is 6.21 Å². The number of nitriles is 1. The van der Waals surface area contributed by atoms with Crippen molar-refractivity contribution >= 4 is 11.9 Å². The first kappa shape index (κ1) is 25.4. The minimum absolute atomic E-state index is 0.00191. The first-order valence-corrected chi connectivity index (χ1v) is 15.5. The summed E-state index contributed by atoms with van der Waals surface area (Å²) in [7, 11) is 0. The molecule has 40 heavy (non-hydrogen) atoms. The van der Waals surface area contributed by atoms with Crippen LogP contribution >= 0.6 is 0 Å². The molecule has 0 aromatic heterocycles. The van der Waals surface area contributed by atoms with Gasteiger partial charge >= 0.3 is 0 Å². The second-order valence-electron chi connectivity index (χ2n) is 12.2. The van der Waals surface area contributed by atoms with E-state index in [1.54, 1.807) is 0 Å². The first-order chi connectivity index (χ1) is 19.8. The van der Waals surface area contributed by atoms with E-state index in [4.69, 9.17) is 4.99 Å². The number of hydrogen-bond donors (Lipinski definition) is 0. The SMILES string of the molecule is N#C[C@@H]1CCC=NC1C1=CC=CC(C2=CCCC(N3C4C=CCCC4N(c4ccccc4)C4C=CCCC43)=C2)C1. The number of allylic oxidation sites excluding steroid dienone is 9. The minimum Gasteiger partial charge on any atom is -0.361 e. The van der Waals surface area contributed by atoms with Gasteiger partial charge in [0.15, 0.2) is 0 Å². The molecule has 7 rings (SSSR count). The van der Waals surface area contributed by atoms with Gasteiger partial charge in [-0.25, -0.2) is 0 Å². The van der Waals surface area contributed by atoms with Gasteiger partial charge in [-0.3, -0.25) is 4.99 Å². The standard InChI is InChI=1S/C36H40N4/c37-25-29-14-10-22-38-36(29)28-13-8-11-26(23-28)27-12-9-17-31(24-27)40-34-20-6-4-18-32(34)39(30-15-2-1-3-16-30)33-19-5-7-21-35(33)40/h1-4,7-8,11-13,15-16,18,21-22,24,26,29,32-36H,5-6,9-10,14,17,19-20,23H2/t26?,29-,32?,33?,34?,35?,36?/m0/s1. The Kier molecular flexibility index (Phi) is 7.06. The van der Waals surface area contributed by atoms with Crippen molar-refractivity contribution < 1.29 is 0 Å². The van der Waals surface area contributed by atoms with Crippen molar-refractivity contribution in [3.05, 3.63) is 102 Å². The Hall–Kier alpha value is -3.58. The number of hydrogen-bond acceptors (Lipinski definition) is 4. The average Bonchev–Trinajstić information content (AvgIpc) is 3.04. The van der Waals surface area contributed by atoms with Crippen LogP contribution in [0.25, 0.3) is 0 Å². The zero-order chi connectivity index (χ0) is 26.9. The molecule has 4 nitrogen and oxygen atoms in total. The topological polar surface area (TPSA) is 42.6 Å². The van der Waals surface area contributed by atoms with Gasteiger partial charge in [0.05, 0.1) is 42.2 Å². The lowest BCUT2D eigenvalue weighted by atomic mass is 9.78. The lowest BCUT2D eigenvalue weighted by molar-refractivity contribution is 0.106. The summed E-state index contributed by atoms with van der Waals surface area (Å²) in [5.41, 5.74) is 5.65. The highest BCUT2D eigenvalue weighted by Gasteiger charge is 2.47. The Morgan fingerprint density at radius 2 is 1.62 bits per heavy atom. The molecule has 1 saturated heterocycles. The van der Waals surface area contributed by atoms with Gasteiger partial charge in [-0.15, -0.1) is 0 Å². The Labute approximate surface area is 239 Å². The van der Waals surface area contributed by atoms with Crippen LogP contribution in [0.4, 0.5) is 5.69 Å². The van der Waals surface area contributed by atoms with Gasteiger partial charge in [0.2, 0.25) is 0 Å². The molecule has 0 saturated carbocycles. The monoisotopic (exact) mass is 528 g/mol. The fourth-order valence-electron chi connectivity index (χ4n) is 8.09. The second kappa shape index (κ2) is 11.1. The molecule has 0 bridgehead atoms. The summed E-state index contributed by atoms with van der Waals surface area (Å²) in [6.45, 7) is 0. The van der Waals surface area contributed by atoms with Gasteiger partial charge < -0.3 is 9.80 Å². The normalized spacial score (nSPS) is 34.8. The molecule has 1 aromatic rings. The van der Waals surface area contributed by atoms with E-state index >= 15 is 0 Å². The maximum atomic E-state index is 9.76. The molecule has 204 valence electrons. The highest BCUT2D eigenvalue weighted by Crippen LogP contribution is 2.44. The first-order valence-electron chi connectivity index (χ1n) is 15.5. The van der Waals surface area contributed by atoms with Gasteiger partial charge in [-0.05, 0) is 93.4 Å². The Balaban J connectivity index is 1.19. The molecule has 0 radical (unpaired) electrons. The molecule has 4 aliphatic carbocycles. The van der Waals surface area contributed by atoms with Crippen molar-refractivity contribution in [3.8, 4) is 6.07 Å². The molecule has 2 aliphatic heterocycles. The van der Waals surface area contributed by atoms with Crippen LogP contribution in [0.3, 0.4) is 0 Å². The predicted molar refractivity (Wildman–Crippen MR) is 164 cm³/mol. The number of benzene rings is 1. The van der Waals surface area contributed by atoms with Gasteiger partial charge in [0.25, 0.3) is 0 Å². The molecule has 1 aromatic carbocycles. The fraction of sp³-hybridized carbons (Fsp3) is 0.444. The quantitative estimate of drug-likeness (QED) is 0.381. The lowest BCUT2D eigenvalue weighted by Crippen LogP contribution is -2.68. The largest absolute Gasteiger partial charge is 0.361 e. The summed E-state index contributed by atoms with van der Waals surface area (Å²) >= 11 is 0. The van der Waals surface area contributed by atoms with E-state index in [2.05, 4.69) is 101 Å². The summed E-state index contributed by atoms with van der Waals surface area (Å²) in [4.78, 5) is 10.4. The molecule has 6 aliphatic rings. The van der Waals surface area contributed by atoms with E-state index < -0.39 is 0 Å². The van der Waals surface area contributed by atoms with Gasteiger partial charge in [-0.2, -0.15) is 5.26 Å². The van der Waals surface area contributed by atoms with Gasteiger partial charge in [0, 0.05) is 17.3 Å². The van der Waals surface area contributed by atoms with Crippen LogP contribution in [0.15, 0.2) is 107 Å². The van der Waals surface area contributed by atoms with Crippen LogP contribution in [-0.2, 0) is 0 Å². The highest BCUT2D eigenvalue weighted by molar-refractivity contribution is 5.60. The number of piperazine rings is 1. The van der Waals surface area contributed by atoms with E-state index in [-0.39, 0.29) is 12.0 Å². The molecule has 7 atom stereocenters. The molecule has 0 spiro atoms.